The summed E-state index contributed by atoms with van der Waals surface area (Å²) in [5.41, 5.74) is 0.571. The molecule has 1 N–H and O–H groups in total. The molecule has 0 spiro atoms. The lowest BCUT2D eigenvalue weighted by atomic mass is 10.2. The molecule has 6 nitrogen and oxygen atoms in total. The molecule has 0 aliphatic heterocycles. The van der Waals surface area contributed by atoms with Gasteiger partial charge >= 0.3 is 0 Å². The first-order valence-corrected chi connectivity index (χ1v) is 9.56. The zero-order valence-corrected chi connectivity index (χ0v) is 16.2. The van der Waals surface area contributed by atoms with Crippen LogP contribution < -0.4 is 14.3 Å². The molecule has 0 aliphatic rings. The van der Waals surface area contributed by atoms with E-state index in [1.54, 1.807) is 18.2 Å². The lowest BCUT2D eigenvalue weighted by Gasteiger charge is -2.12. The van der Waals surface area contributed by atoms with Crippen molar-refractivity contribution in [2.24, 2.45) is 5.10 Å². The van der Waals surface area contributed by atoms with Crippen molar-refractivity contribution in [1.29, 1.82) is 0 Å². The summed E-state index contributed by atoms with van der Waals surface area (Å²) < 4.78 is 48.5. The Labute approximate surface area is 159 Å². The van der Waals surface area contributed by atoms with E-state index in [1.807, 2.05) is 0 Å². The lowest BCUT2D eigenvalue weighted by molar-refractivity contribution is 0.324. The summed E-state index contributed by atoms with van der Waals surface area (Å²) in [6.07, 6.45) is 2.91. The maximum absolute atomic E-state index is 12.9. The van der Waals surface area contributed by atoms with Gasteiger partial charge < -0.3 is 9.47 Å². The third kappa shape index (κ3) is 5.06. The van der Waals surface area contributed by atoms with Gasteiger partial charge in [0.25, 0.3) is 10.0 Å². The Kier molecular flexibility index (Phi) is 6.76. The number of nitrogens with one attached hydrogen (secondary N) is 1. The van der Waals surface area contributed by atoms with Crippen LogP contribution in [0.3, 0.4) is 0 Å². The molecule has 0 amide bonds. The number of hydrazone groups is 1. The number of methoxy groups -OCH3 is 1. The molecular formula is C17H16BrFN2O4S. The van der Waals surface area contributed by atoms with Crippen LogP contribution in [-0.4, -0.2) is 28.3 Å². The van der Waals surface area contributed by atoms with E-state index in [0.717, 1.165) is 24.3 Å². The number of hydrogen-bond donors (Lipinski definition) is 1. The summed E-state index contributed by atoms with van der Waals surface area (Å²) in [7, 11) is -2.40. The average Bonchev–Trinajstić information content (AvgIpc) is 2.60. The van der Waals surface area contributed by atoms with Crippen LogP contribution in [0.15, 0.2) is 63.5 Å². The van der Waals surface area contributed by atoms with Crippen molar-refractivity contribution in [3.8, 4) is 11.5 Å². The molecule has 0 heterocycles. The Bertz CT molecular complexity index is 915. The van der Waals surface area contributed by atoms with Crippen LogP contribution >= 0.6 is 15.9 Å². The molecule has 2 rings (SSSR count). The second-order valence-corrected chi connectivity index (χ2v) is 7.46. The van der Waals surface area contributed by atoms with Crippen LogP contribution in [0.25, 0.3) is 0 Å². The Morgan fingerprint density at radius 3 is 2.62 bits per heavy atom. The molecule has 0 aromatic heterocycles. The topological polar surface area (TPSA) is 77.0 Å². The van der Waals surface area contributed by atoms with E-state index >= 15 is 0 Å². The van der Waals surface area contributed by atoms with E-state index < -0.39 is 15.8 Å². The van der Waals surface area contributed by atoms with E-state index in [0.29, 0.717) is 28.1 Å². The highest BCUT2D eigenvalue weighted by Crippen LogP contribution is 2.36. The van der Waals surface area contributed by atoms with Crippen molar-refractivity contribution < 1.29 is 22.3 Å². The second kappa shape index (κ2) is 8.81. The molecule has 0 saturated heterocycles. The SMILES string of the molecule is C=CCOc1c(Br)cc(/C=N\NS(=O)(=O)c2ccc(F)cc2)cc1OC. The van der Waals surface area contributed by atoms with Crippen LogP contribution in [0, 0.1) is 5.82 Å². The largest absolute Gasteiger partial charge is 0.493 e. The normalized spacial score (nSPS) is 11.3. The minimum Gasteiger partial charge on any atom is -0.493 e. The fourth-order valence-corrected chi connectivity index (χ4v) is 3.30. The van der Waals surface area contributed by atoms with Crippen molar-refractivity contribution in [2.75, 3.05) is 13.7 Å². The van der Waals surface area contributed by atoms with E-state index in [9.17, 15) is 12.8 Å². The molecule has 0 atom stereocenters. The van der Waals surface area contributed by atoms with Crippen LogP contribution in [0.5, 0.6) is 11.5 Å². The first-order chi connectivity index (χ1) is 12.4. The summed E-state index contributed by atoms with van der Waals surface area (Å²) in [4.78, 5) is 1.97. The number of benzene rings is 2. The zero-order valence-electron chi connectivity index (χ0n) is 13.8. The van der Waals surface area contributed by atoms with Gasteiger partial charge in [-0.05, 0) is 57.9 Å². The summed E-state index contributed by atoms with van der Waals surface area (Å²) in [6.45, 7) is 3.89. The standard InChI is InChI=1S/C17H16BrFN2O4S/c1-3-8-25-17-15(18)9-12(10-16(17)24-2)11-20-21-26(22,23)14-6-4-13(19)5-7-14/h3-7,9-11,21H,1,8H2,2H3/b20-11-. The number of rotatable bonds is 8. The zero-order chi connectivity index (χ0) is 19.2. The van der Waals surface area contributed by atoms with Gasteiger partial charge in [0, 0.05) is 0 Å². The highest BCUT2D eigenvalue weighted by molar-refractivity contribution is 9.10. The van der Waals surface area contributed by atoms with Gasteiger partial charge in [0.15, 0.2) is 11.5 Å². The fourth-order valence-electron chi connectivity index (χ4n) is 1.93. The lowest BCUT2D eigenvalue weighted by Crippen LogP contribution is -2.18. The van der Waals surface area contributed by atoms with Gasteiger partial charge in [-0.15, -0.1) is 0 Å². The fraction of sp³-hybridized carbons (Fsp3) is 0.118. The molecule has 2 aromatic carbocycles. The molecule has 0 saturated carbocycles. The minimum atomic E-state index is -3.89. The maximum Gasteiger partial charge on any atom is 0.276 e. The van der Waals surface area contributed by atoms with Gasteiger partial charge in [-0.25, -0.2) is 9.22 Å². The third-order valence-corrected chi connectivity index (χ3v) is 4.94. The smallest absolute Gasteiger partial charge is 0.276 e. The van der Waals surface area contributed by atoms with Gasteiger partial charge in [-0.1, -0.05) is 12.7 Å². The quantitative estimate of drug-likeness (QED) is 0.385. The monoisotopic (exact) mass is 442 g/mol. The van der Waals surface area contributed by atoms with E-state index in [4.69, 9.17) is 9.47 Å². The Morgan fingerprint density at radius 1 is 1.31 bits per heavy atom. The summed E-state index contributed by atoms with van der Waals surface area (Å²) in [6, 6.07) is 7.75. The van der Waals surface area contributed by atoms with Crippen LogP contribution in [0.1, 0.15) is 5.56 Å². The van der Waals surface area contributed by atoms with Gasteiger partial charge in [0.05, 0.1) is 22.7 Å². The molecule has 2 aromatic rings. The van der Waals surface area contributed by atoms with Crippen molar-refractivity contribution in [3.05, 3.63) is 64.9 Å². The second-order valence-electron chi connectivity index (χ2n) is 4.94. The number of nitrogens with zero attached hydrogens (tertiary/aromatic N) is 1. The number of hydrogen-bond acceptors (Lipinski definition) is 5. The Morgan fingerprint density at radius 2 is 2.00 bits per heavy atom. The summed E-state index contributed by atoms with van der Waals surface area (Å²) >= 11 is 3.37. The van der Waals surface area contributed by atoms with Gasteiger partial charge in [-0.3, -0.25) is 0 Å². The van der Waals surface area contributed by atoms with Crippen LogP contribution in [0.4, 0.5) is 4.39 Å². The first kappa shape index (κ1) is 19.9. The first-order valence-electron chi connectivity index (χ1n) is 7.29. The van der Waals surface area contributed by atoms with Gasteiger partial charge in [0.2, 0.25) is 0 Å². The van der Waals surface area contributed by atoms with Gasteiger partial charge in [0.1, 0.15) is 12.4 Å². The van der Waals surface area contributed by atoms with Gasteiger partial charge in [-0.2, -0.15) is 13.5 Å². The number of ether oxygens (including phenoxy) is 2. The highest BCUT2D eigenvalue weighted by atomic mass is 79.9. The van der Waals surface area contributed by atoms with Crippen molar-refractivity contribution in [3.63, 3.8) is 0 Å². The predicted octanol–water partition coefficient (Wildman–Crippen LogP) is 3.47. The molecule has 138 valence electrons. The summed E-state index contributed by atoms with van der Waals surface area (Å²) in [5, 5.41) is 3.73. The Hall–Kier alpha value is -2.39. The van der Waals surface area contributed by atoms with E-state index in [2.05, 4.69) is 32.4 Å². The van der Waals surface area contributed by atoms with Crippen molar-refractivity contribution in [1.82, 2.24) is 4.83 Å². The summed E-state index contributed by atoms with van der Waals surface area (Å²) in [5.74, 6) is 0.420. The molecule has 9 heteroatoms. The molecule has 0 radical (unpaired) electrons. The third-order valence-electron chi connectivity index (χ3n) is 3.11. The number of sulfonamides is 1. The number of halogens is 2. The van der Waals surface area contributed by atoms with E-state index in [-0.39, 0.29) is 4.90 Å². The average molecular weight is 443 g/mol. The Balaban J connectivity index is 2.18. The molecular weight excluding hydrogens is 427 g/mol. The highest BCUT2D eigenvalue weighted by Gasteiger charge is 2.13. The van der Waals surface area contributed by atoms with E-state index in [1.165, 1.54) is 13.3 Å². The molecule has 26 heavy (non-hydrogen) atoms. The van der Waals surface area contributed by atoms with Crippen LogP contribution in [0.2, 0.25) is 0 Å². The maximum atomic E-state index is 12.9. The van der Waals surface area contributed by atoms with Crippen molar-refractivity contribution in [2.45, 2.75) is 4.90 Å². The predicted molar refractivity (Wildman–Crippen MR) is 101 cm³/mol. The molecule has 0 fully saturated rings. The van der Waals surface area contributed by atoms with Crippen LogP contribution in [-0.2, 0) is 10.0 Å². The molecule has 0 unspecified atom stereocenters. The molecule has 0 bridgehead atoms. The molecule has 0 aliphatic carbocycles. The van der Waals surface area contributed by atoms with Crippen molar-refractivity contribution >= 4 is 32.2 Å². The minimum absolute atomic E-state index is 0.0945.